The highest BCUT2D eigenvalue weighted by Crippen LogP contribution is 2.02. The molecule has 5 heteroatoms. The summed E-state index contributed by atoms with van der Waals surface area (Å²) in [5, 5.41) is 0. The van der Waals surface area contributed by atoms with E-state index in [2.05, 4.69) is 4.84 Å². The highest BCUT2D eigenvalue weighted by Gasteiger charge is 2.10. The third kappa shape index (κ3) is 4.46. The molecule has 90 valence electrons. The maximum Gasteiger partial charge on any atom is 0.339 e. The van der Waals surface area contributed by atoms with Gasteiger partial charge in [0.25, 0.3) is 5.91 Å². The van der Waals surface area contributed by atoms with Gasteiger partial charge in [-0.05, 0) is 26.0 Å². The van der Waals surface area contributed by atoms with Crippen LogP contribution < -0.4 is 5.48 Å². The van der Waals surface area contributed by atoms with Crippen LogP contribution in [0.5, 0.6) is 0 Å². The van der Waals surface area contributed by atoms with Crippen molar-refractivity contribution in [3.05, 3.63) is 35.4 Å². The number of hydrogen-bond acceptors (Lipinski definition) is 4. The minimum Gasteiger partial charge on any atom is -0.340 e. The maximum absolute atomic E-state index is 11.5. The molecule has 1 rings (SSSR count). The van der Waals surface area contributed by atoms with Crippen molar-refractivity contribution in [2.45, 2.75) is 20.3 Å². The normalized spacial score (nSPS) is 9.53. The van der Waals surface area contributed by atoms with Crippen LogP contribution in [0.3, 0.4) is 0 Å². The van der Waals surface area contributed by atoms with Gasteiger partial charge in [0.15, 0.2) is 0 Å². The van der Waals surface area contributed by atoms with Crippen LogP contribution in [0.15, 0.2) is 24.3 Å². The number of Topliss-reactive ketones (excluding diaryl/α,β-unsaturated/α-hetero) is 1. The van der Waals surface area contributed by atoms with Gasteiger partial charge in [0.05, 0.1) is 0 Å². The lowest BCUT2D eigenvalue weighted by molar-refractivity contribution is -0.150. The Bertz CT molecular complexity index is 436. The molecule has 17 heavy (non-hydrogen) atoms. The van der Waals surface area contributed by atoms with Crippen molar-refractivity contribution in [2.24, 2.45) is 0 Å². The zero-order valence-electron chi connectivity index (χ0n) is 9.65. The van der Waals surface area contributed by atoms with Gasteiger partial charge in [0.2, 0.25) is 0 Å². The van der Waals surface area contributed by atoms with E-state index in [0.717, 1.165) is 5.56 Å². The Kier molecular flexibility index (Phi) is 4.39. The molecule has 1 aromatic carbocycles. The number of benzene rings is 1. The van der Waals surface area contributed by atoms with Gasteiger partial charge < -0.3 is 4.84 Å². The Labute approximate surface area is 98.7 Å². The van der Waals surface area contributed by atoms with Crippen molar-refractivity contribution < 1.29 is 19.2 Å². The predicted octanol–water partition coefficient (Wildman–Crippen LogP) is 1.16. The maximum atomic E-state index is 11.5. The van der Waals surface area contributed by atoms with E-state index in [4.69, 9.17) is 0 Å². The number of rotatable bonds is 3. The van der Waals surface area contributed by atoms with E-state index in [-0.39, 0.29) is 12.2 Å². The van der Waals surface area contributed by atoms with Crippen LogP contribution >= 0.6 is 0 Å². The molecule has 0 aliphatic carbocycles. The average molecular weight is 235 g/mol. The first-order valence-corrected chi connectivity index (χ1v) is 5.05. The van der Waals surface area contributed by atoms with Gasteiger partial charge >= 0.3 is 5.97 Å². The fourth-order valence-corrected chi connectivity index (χ4v) is 1.11. The lowest BCUT2D eigenvalue weighted by atomic mass is 10.1. The molecule has 1 N–H and O–H groups in total. The van der Waals surface area contributed by atoms with E-state index in [9.17, 15) is 14.4 Å². The number of amides is 1. The molecule has 5 nitrogen and oxygen atoms in total. The highest BCUT2D eigenvalue weighted by molar-refractivity contribution is 5.96. The molecular weight excluding hydrogens is 222 g/mol. The average Bonchev–Trinajstić information content (AvgIpc) is 2.26. The summed E-state index contributed by atoms with van der Waals surface area (Å²) in [5.74, 6) is -1.63. The molecule has 0 unspecified atom stereocenters. The lowest BCUT2D eigenvalue weighted by Crippen LogP contribution is -2.27. The van der Waals surface area contributed by atoms with Crippen LogP contribution in [-0.4, -0.2) is 17.7 Å². The highest BCUT2D eigenvalue weighted by atomic mass is 16.7. The number of ketones is 1. The second-order valence-electron chi connectivity index (χ2n) is 3.65. The van der Waals surface area contributed by atoms with Gasteiger partial charge in [-0.1, -0.05) is 17.7 Å². The van der Waals surface area contributed by atoms with Crippen LogP contribution in [0.4, 0.5) is 0 Å². The Morgan fingerprint density at radius 3 is 2.29 bits per heavy atom. The number of aryl methyl sites for hydroxylation is 1. The molecule has 0 aromatic heterocycles. The van der Waals surface area contributed by atoms with E-state index < -0.39 is 11.9 Å². The molecule has 0 aliphatic rings. The van der Waals surface area contributed by atoms with E-state index in [1.165, 1.54) is 6.92 Å². The Hall–Kier alpha value is -2.17. The summed E-state index contributed by atoms with van der Waals surface area (Å²) in [6.45, 7) is 3.16. The molecule has 1 amide bonds. The number of carbonyl (C=O) groups is 3. The topological polar surface area (TPSA) is 72.5 Å². The number of hydrogen-bond donors (Lipinski definition) is 1. The first-order valence-electron chi connectivity index (χ1n) is 5.05. The quantitative estimate of drug-likeness (QED) is 0.630. The van der Waals surface area contributed by atoms with Gasteiger partial charge in [-0.25, -0.2) is 4.79 Å². The summed E-state index contributed by atoms with van der Waals surface area (Å²) >= 11 is 0. The molecular formula is C12H13NO4. The van der Waals surface area contributed by atoms with Crippen molar-refractivity contribution >= 4 is 17.7 Å². The van der Waals surface area contributed by atoms with Crippen molar-refractivity contribution in [1.29, 1.82) is 0 Å². The van der Waals surface area contributed by atoms with Crippen LogP contribution in [0.1, 0.15) is 29.3 Å². The summed E-state index contributed by atoms with van der Waals surface area (Å²) in [7, 11) is 0. The van der Waals surface area contributed by atoms with Crippen molar-refractivity contribution in [2.75, 3.05) is 0 Å². The summed E-state index contributed by atoms with van der Waals surface area (Å²) < 4.78 is 0. The fourth-order valence-electron chi connectivity index (χ4n) is 1.11. The molecule has 0 saturated heterocycles. The summed E-state index contributed by atoms with van der Waals surface area (Å²) in [5.41, 5.74) is 3.39. The minimum atomic E-state index is -0.780. The third-order valence-corrected chi connectivity index (χ3v) is 1.96. The number of carbonyl (C=O) groups excluding carboxylic acids is 3. The molecule has 0 fully saturated rings. The molecule has 0 bridgehead atoms. The zero-order chi connectivity index (χ0) is 12.8. The Morgan fingerprint density at radius 2 is 1.76 bits per heavy atom. The number of nitrogens with one attached hydrogen (secondary N) is 1. The van der Waals surface area contributed by atoms with Gasteiger partial charge in [0.1, 0.15) is 12.2 Å². The SMILES string of the molecule is CC(=O)CC(=O)ONC(=O)c1ccc(C)cc1. The predicted molar refractivity (Wildman–Crippen MR) is 60.0 cm³/mol. The summed E-state index contributed by atoms with van der Waals surface area (Å²) in [4.78, 5) is 37.5. The molecule has 1 aromatic rings. The van der Waals surface area contributed by atoms with Crippen LogP contribution in [-0.2, 0) is 14.4 Å². The zero-order valence-corrected chi connectivity index (χ0v) is 9.65. The smallest absolute Gasteiger partial charge is 0.339 e. The van der Waals surface area contributed by atoms with Crippen molar-refractivity contribution in [1.82, 2.24) is 5.48 Å². The third-order valence-electron chi connectivity index (χ3n) is 1.96. The molecule has 0 radical (unpaired) electrons. The van der Waals surface area contributed by atoms with E-state index in [1.807, 2.05) is 12.4 Å². The van der Waals surface area contributed by atoms with E-state index in [1.54, 1.807) is 24.3 Å². The Morgan fingerprint density at radius 1 is 1.18 bits per heavy atom. The molecule has 0 heterocycles. The van der Waals surface area contributed by atoms with Crippen molar-refractivity contribution in [3.8, 4) is 0 Å². The molecule has 0 spiro atoms. The van der Waals surface area contributed by atoms with Crippen LogP contribution in [0.25, 0.3) is 0 Å². The van der Waals surface area contributed by atoms with Gasteiger partial charge in [-0.2, -0.15) is 5.48 Å². The van der Waals surface area contributed by atoms with Crippen molar-refractivity contribution in [3.63, 3.8) is 0 Å². The second-order valence-corrected chi connectivity index (χ2v) is 3.65. The van der Waals surface area contributed by atoms with Gasteiger partial charge in [-0.15, -0.1) is 0 Å². The minimum absolute atomic E-state index is 0.320. The lowest BCUT2D eigenvalue weighted by Gasteiger charge is -2.04. The largest absolute Gasteiger partial charge is 0.340 e. The van der Waals surface area contributed by atoms with Crippen LogP contribution in [0, 0.1) is 6.92 Å². The van der Waals surface area contributed by atoms with Gasteiger partial charge in [0, 0.05) is 5.56 Å². The summed E-state index contributed by atoms with van der Waals surface area (Å²) in [6.07, 6.45) is -0.353. The Balaban J connectivity index is 2.47. The molecule has 0 aliphatic heterocycles. The monoisotopic (exact) mass is 235 g/mol. The molecule has 0 atom stereocenters. The van der Waals surface area contributed by atoms with Crippen LogP contribution in [0.2, 0.25) is 0 Å². The summed E-state index contributed by atoms with van der Waals surface area (Å²) in [6, 6.07) is 6.77. The van der Waals surface area contributed by atoms with Gasteiger partial charge in [-0.3, -0.25) is 9.59 Å². The first kappa shape index (κ1) is 12.9. The first-order chi connectivity index (χ1) is 7.99. The number of hydroxylamine groups is 1. The fraction of sp³-hybridized carbons (Fsp3) is 0.250. The van der Waals surface area contributed by atoms with E-state index in [0.29, 0.717) is 5.56 Å². The molecule has 0 saturated carbocycles. The van der Waals surface area contributed by atoms with E-state index >= 15 is 0 Å². The second kappa shape index (κ2) is 5.79. The standard InChI is InChI=1S/C12H13NO4/c1-8-3-5-10(6-4-8)12(16)13-17-11(15)7-9(2)14/h3-6H,7H2,1-2H3,(H,13,16).